The highest BCUT2D eigenvalue weighted by Gasteiger charge is 2.33. The summed E-state index contributed by atoms with van der Waals surface area (Å²) < 4.78 is 28.9. The molecule has 1 heterocycles. The first-order valence-corrected chi connectivity index (χ1v) is 8.33. The number of aliphatic imine (C=N–C) groups is 1. The number of nitrogens with zero attached hydrogens (tertiary/aromatic N) is 1. The second-order valence-electron chi connectivity index (χ2n) is 6.34. The Labute approximate surface area is 150 Å². The van der Waals surface area contributed by atoms with Gasteiger partial charge in [0.2, 0.25) is 0 Å². The van der Waals surface area contributed by atoms with Gasteiger partial charge in [-0.3, -0.25) is 9.79 Å². The number of nitrogens with two attached hydrogens (primary N) is 2. The number of halogens is 2. The number of amides is 1. The number of rotatable bonds is 4. The molecule has 0 aromatic heterocycles. The first-order chi connectivity index (χ1) is 12.4. The van der Waals surface area contributed by atoms with Crippen molar-refractivity contribution in [3.63, 3.8) is 0 Å². The van der Waals surface area contributed by atoms with Crippen molar-refractivity contribution in [3.05, 3.63) is 58.9 Å². The Morgan fingerprint density at radius 3 is 2.58 bits per heavy atom. The molecule has 136 valence electrons. The van der Waals surface area contributed by atoms with Crippen LogP contribution in [0.5, 0.6) is 0 Å². The summed E-state index contributed by atoms with van der Waals surface area (Å²) in [5.41, 5.74) is 10.7. The minimum absolute atomic E-state index is 0.0104. The van der Waals surface area contributed by atoms with E-state index in [1.165, 1.54) is 12.3 Å². The summed E-state index contributed by atoms with van der Waals surface area (Å²) in [5, 5.41) is 3.06. The molecule has 1 aliphatic heterocycles. The van der Waals surface area contributed by atoms with Gasteiger partial charge in [0.05, 0.1) is 22.5 Å². The van der Waals surface area contributed by atoms with E-state index < -0.39 is 17.4 Å². The SMILES string of the molecule is NC(=O)c1ccc(F)c(C=Nc2ccc([C@@]3(F)CCCNC3)cc2)c1N. The largest absolute Gasteiger partial charge is 0.397 e. The average Bonchev–Trinajstić information content (AvgIpc) is 2.62. The van der Waals surface area contributed by atoms with E-state index in [2.05, 4.69) is 10.3 Å². The second kappa shape index (κ2) is 7.21. The Bertz CT molecular complexity index is 843. The Balaban J connectivity index is 1.84. The van der Waals surface area contributed by atoms with Gasteiger partial charge in [-0.25, -0.2) is 8.78 Å². The molecule has 3 rings (SSSR count). The van der Waals surface area contributed by atoms with Crippen LogP contribution in [0, 0.1) is 5.82 Å². The van der Waals surface area contributed by atoms with Gasteiger partial charge in [-0.05, 0) is 49.2 Å². The average molecular weight is 358 g/mol. The van der Waals surface area contributed by atoms with E-state index in [0.717, 1.165) is 19.0 Å². The van der Waals surface area contributed by atoms with Crippen LogP contribution in [0.1, 0.15) is 34.3 Å². The van der Waals surface area contributed by atoms with Crippen LogP contribution in [0.4, 0.5) is 20.2 Å². The van der Waals surface area contributed by atoms with Crippen molar-refractivity contribution >= 4 is 23.5 Å². The van der Waals surface area contributed by atoms with Gasteiger partial charge in [0, 0.05) is 12.8 Å². The third kappa shape index (κ3) is 3.57. The zero-order valence-corrected chi connectivity index (χ0v) is 14.1. The van der Waals surface area contributed by atoms with Crippen LogP contribution in [0.2, 0.25) is 0 Å². The van der Waals surface area contributed by atoms with Crippen molar-refractivity contribution in [1.29, 1.82) is 0 Å². The van der Waals surface area contributed by atoms with Gasteiger partial charge >= 0.3 is 0 Å². The van der Waals surface area contributed by atoms with E-state index in [0.29, 0.717) is 17.7 Å². The van der Waals surface area contributed by atoms with Crippen LogP contribution in [0.15, 0.2) is 41.4 Å². The lowest BCUT2D eigenvalue weighted by Gasteiger charge is -2.30. The van der Waals surface area contributed by atoms with Crippen LogP contribution in [-0.2, 0) is 5.67 Å². The molecule has 2 aromatic carbocycles. The topological polar surface area (TPSA) is 93.5 Å². The molecule has 1 aliphatic rings. The van der Waals surface area contributed by atoms with Crippen LogP contribution in [0.3, 0.4) is 0 Å². The lowest BCUT2D eigenvalue weighted by molar-refractivity contribution is 0.100. The molecule has 0 unspecified atom stereocenters. The first-order valence-electron chi connectivity index (χ1n) is 8.33. The van der Waals surface area contributed by atoms with Crippen LogP contribution in [0.25, 0.3) is 0 Å². The number of nitrogen functional groups attached to an aromatic ring is 1. The molecule has 0 saturated carbocycles. The van der Waals surface area contributed by atoms with E-state index in [-0.39, 0.29) is 23.4 Å². The zero-order chi connectivity index (χ0) is 18.7. The number of primary amides is 1. The monoisotopic (exact) mass is 358 g/mol. The van der Waals surface area contributed by atoms with Crippen molar-refractivity contribution in [3.8, 4) is 0 Å². The van der Waals surface area contributed by atoms with Crippen LogP contribution in [-0.4, -0.2) is 25.2 Å². The van der Waals surface area contributed by atoms with Crippen molar-refractivity contribution in [2.75, 3.05) is 18.8 Å². The molecule has 0 bridgehead atoms. The summed E-state index contributed by atoms with van der Waals surface area (Å²) >= 11 is 0. The van der Waals surface area contributed by atoms with Gasteiger partial charge in [-0.2, -0.15) is 0 Å². The fourth-order valence-corrected chi connectivity index (χ4v) is 3.06. The molecule has 5 nitrogen and oxygen atoms in total. The van der Waals surface area contributed by atoms with Crippen molar-refractivity contribution < 1.29 is 13.6 Å². The van der Waals surface area contributed by atoms with Gasteiger partial charge < -0.3 is 16.8 Å². The molecule has 1 fully saturated rings. The standard InChI is InChI=1S/C19H20F2N4O/c20-16-7-6-14(18(23)26)17(22)15(16)10-25-13-4-2-12(3-5-13)19(21)8-1-9-24-11-19/h2-7,10,24H,1,8-9,11,22H2,(H2,23,26)/t19-/m1/s1. The summed E-state index contributed by atoms with van der Waals surface area (Å²) in [6.45, 7) is 1.11. The highest BCUT2D eigenvalue weighted by Crippen LogP contribution is 2.33. The van der Waals surface area contributed by atoms with Crippen molar-refractivity contribution in [2.24, 2.45) is 10.7 Å². The maximum absolute atomic E-state index is 14.9. The van der Waals surface area contributed by atoms with Gasteiger partial charge in [0.25, 0.3) is 5.91 Å². The predicted octanol–water partition coefficient (Wildman–Crippen LogP) is 2.81. The molecule has 0 aliphatic carbocycles. The minimum Gasteiger partial charge on any atom is -0.397 e. The molecule has 26 heavy (non-hydrogen) atoms. The number of hydrogen-bond acceptors (Lipinski definition) is 4. The van der Waals surface area contributed by atoms with Gasteiger partial charge in [-0.1, -0.05) is 12.1 Å². The molecular formula is C19H20F2N4O. The number of alkyl halides is 1. The molecule has 1 amide bonds. The minimum atomic E-state index is -1.38. The van der Waals surface area contributed by atoms with Gasteiger partial charge in [0.1, 0.15) is 11.5 Å². The number of benzene rings is 2. The molecule has 7 heteroatoms. The number of anilines is 1. The number of carbonyl (C=O) groups excluding carboxylic acids is 1. The molecule has 5 N–H and O–H groups in total. The molecule has 0 spiro atoms. The molecule has 2 aromatic rings. The lowest BCUT2D eigenvalue weighted by atomic mass is 9.88. The molecule has 1 saturated heterocycles. The van der Waals surface area contributed by atoms with E-state index in [4.69, 9.17) is 11.5 Å². The Kier molecular flexibility index (Phi) is 4.99. The highest BCUT2D eigenvalue weighted by atomic mass is 19.1. The third-order valence-electron chi connectivity index (χ3n) is 4.56. The normalized spacial score (nSPS) is 20.4. The zero-order valence-electron chi connectivity index (χ0n) is 14.1. The summed E-state index contributed by atoms with van der Waals surface area (Å²) in [7, 11) is 0. The maximum Gasteiger partial charge on any atom is 0.250 e. The quantitative estimate of drug-likeness (QED) is 0.579. The summed E-state index contributed by atoms with van der Waals surface area (Å²) in [5.74, 6) is -1.35. The van der Waals surface area contributed by atoms with Crippen LogP contribution < -0.4 is 16.8 Å². The lowest BCUT2D eigenvalue weighted by Crippen LogP contribution is -2.39. The molecule has 1 atom stereocenters. The summed E-state index contributed by atoms with van der Waals surface area (Å²) in [6.07, 6.45) is 2.49. The van der Waals surface area contributed by atoms with Gasteiger partial charge in [-0.15, -0.1) is 0 Å². The highest BCUT2D eigenvalue weighted by molar-refractivity contribution is 6.03. The summed E-state index contributed by atoms with van der Waals surface area (Å²) in [4.78, 5) is 15.5. The maximum atomic E-state index is 14.9. The van der Waals surface area contributed by atoms with Crippen molar-refractivity contribution in [1.82, 2.24) is 5.32 Å². The fourth-order valence-electron chi connectivity index (χ4n) is 3.06. The smallest absolute Gasteiger partial charge is 0.250 e. The van der Waals surface area contributed by atoms with E-state index in [1.807, 2.05) is 0 Å². The number of piperidine rings is 1. The fraction of sp³-hybridized carbons (Fsp3) is 0.263. The second-order valence-corrected chi connectivity index (χ2v) is 6.34. The Morgan fingerprint density at radius 1 is 1.23 bits per heavy atom. The van der Waals surface area contributed by atoms with Gasteiger partial charge in [0.15, 0.2) is 0 Å². The Hall–Kier alpha value is -2.80. The molecular weight excluding hydrogens is 338 g/mol. The Morgan fingerprint density at radius 2 is 1.96 bits per heavy atom. The molecule has 0 radical (unpaired) electrons. The number of carbonyl (C=O) groups is 1. The predicted molar refractivity (Wildman–Crippen MR) is 97.9 cm³/mol. The van der Waals surface area contributed by atoms with E-state index >= 15 is 0 Å². The van der Waals surface area contributed by atoms with Crippen LogP contribution >= 0.6 is 0 Å². The first kappa shape index (κ1) is 18.0. The van der Waals surface area contributed by atoms with E-state index in [1.54, 1.807) is 24.3 Å². The number of nitrogens with one attached hydrogen (secondary N) is 1. The van der Waals surface area contributed by atoms with E-state index in [9.17, 15) is 13.6 Å². The van der Waals surface area contributed by atoms with Crippen molar-refractivity contribution in [2.45, 2.75) is 18.5 Å². The summed E-state index contributed by atoms with van der Waals surface area (Å²) in [6, 6.07) is 9.03. The third-order valence-corrected chi connectivity index (χ3v) is 4.56. The number of hydrogen-bond donors (Lipinski definition) is 3.